The Morgan fingerprint density at radius 1 is 1.22 bits per heavy atom. The molecule has 0 aromatic rings. The first-order valence-corrected chi connectivity index (χ1v) is 3.92. The molecule has 0 bridgehead atoms. The van der Waals surface area contributed by atoms with E-state index in [0.717, 1.165) is 0 Å². The molecule has 0 spiro atoms. The third kappa shape index (κ3) is 4.70. The van der Waals surface area contributed by atoms with Crippen molar-refractivity contribution in [3.05, 3.63) is 0 Å². The average molecular weight is 154 g/mol. The van der Waals surface area contributed by atoms with Crippen LogP contribution in [0.4, 0.5) is 8.78 Å². The van der Waals surface area contributed by atoms with Gasteiger partial charge in [-0.15, -0.1) is 0 Å². The molecule has 0 rings (SSSR count). The Bertz CT molecular complexity index is 62.1. The minimum Gasteiger partial charge on any atom is -0.250 e. The quantitative estimate of drug-likeness (QED) is 0.599. The van der Waals surface area contributed by atoms with E-state index in [9.17, 15) is 8.78 Å². The van der Waals surface area contributed by atoms with Crippen LogP contribution in [-0.4, -0.2) is 23.8 Å². The van der Waals surface area contributed by atoms with E-state index in [1.165, 1.54) is 11.8 Å². The lowest BCUT2D eigenvalue weighted by molar-refractivity contribution is 0.407. The van der Waals surface area contributed by atoms with Gasteiger partial charge in [-0.3, -0.25) is 0 Å². The van der Waals surface area contributed by atoms with Crippen LogP contribution in [0.3, 0.4) is 0 Å². The average Bonchev–Trinajstić information content (AvgIpc) is 1.82. The molecule has 0 N–H and O–H groups in total. The van der Waals surface area contributed by atoms with E-state index in [2.05, 4.69) is 0 Å². The predicted molar refractivity (Wildman–Crippen MR) is 38.5 cm³/mol. The van der Waals surface area contributed by atoms with Crippen LogP contribution >= 0.6 is 11.8 Å². The molecule has 0 aliphatic rings. The van der Waals surface area contributed by atoms with Crippen molar-refractivity contribution < 1.29 is 8.78 Å². The van der Waals surface area contributed by atoms with Crippen LogP contribution in [0.2, 0.25) is 0 Å². The second kappa shape index (κ2) is 5.03. The molecule has 0 saturated carbocycles. The van der Waals surface area contributed by atoms with Crippen molar-refractivity contribution in [1.82, 2.24) is 0 Å². The maximum atomic E-state index is 11.8. The van der Waals surface area contributed by atoms with E-state index in [4.69, 9.17) is 0 Å². The summed E-state index contributed by atoms with van der Waals surface area (Å²) < 4.78 is 23.5. The van der Waals surface area contributed by atoms with Gasteiger partial charge >= 0.3 is 0 Å². The van der Waals surface area contributed by atoms with Gasteiger partial charge in [-0.1, -0.05) is 13.8 Å². The minimum atomic E-state index is -0.556. The van der Waals surface area contributed by atoms with Crippen molar-refractivity contribution in [3.8, 4) is 0 Å². The molecule has 0 saturated heterocycles. The SMILES string of the molecule is CC(C)SC(CF)CF. The van der Waals surface area contributed by atoms with Crippen molar-refractivity contribution in [2.45, 2.75) is 24.3 Å². The highest BCUT2D eigenvalue weighted by atomic mass is 32.2. The first-order valence-electron chi connectivity index (χ1n) is 2.98. The highest BCUT2D eigenvalue weighted by Gasteiger charge is 2.09. The third-order valence-electron chi connectivity index (χ3n) is 0.809. The molecular formula is C6H12F2S. The molecule has 3 heteroatoms. The molecule has 0 fully saturated rings. The van der Waals surface area contributed by atoms with E-state index in [1.54, 1.807) is 0 Å². The number of halogens is 2. The Hall–Kier alpha value is 0.210. The van der Waals surface area contributed by atoms with Crippen LogP contribution in [-0.2, 0) is 0 Å². The molecule has 0 unspecified atom stereocenters. The maximum Gasteiger partial charge on any atom is 0.104 e. The van der Waals surface area contributed by atoms with Gasteiger partial charge in [0.25, 0.3) is 0 Å². The first kappa shape index (κ1) is 9.21. The van der Waals surface area contributed by atoms with Gasteiger partial charge in [-0.05, 0) is 5.25 Å². The zero-order valence-electron chi connectivity index (χ0n) is 5.73. The van der Waals surface area contributed by atoms with Crippen LogP contribution in [0.1, 0.15) is 13.8 Å². The van der Waals surface area contributed by atoms with Crippen LogP contribution in [0.15, 0.2) is 0 Å². The Morgan fingerprint density at radius 3 is 1.78 bits per heavy atom. The second-order valence-electron chi connectivity index (χ2n) is 2.12. The van der Waals surface area contributed by atoms with Crippen LogP contribution in [0.25, 0.3) is 0 Å². The molecule has 0 atom stereocenters. The standard InChI is InChI=1S/C6H12F2S/c1-5(2)9-6(3-7)4-8/h5-6H,3-4H2,1-2H3. The van der Waals surface area contributed by atoms with E-state index < -0.39 is 18.6 Å². The molecule has 9 heavy (non-hydrogen) atoms. The van der Waals surface area contributed by atoms with Crippen molar-refractivity contribution in [3.63, 3.8) is 0 Å². The lowest BCUT2D eigenvalue weighted by Crippen LogP contribution is -2.10. The zero-order valence-corrected chi connectivity index (χ0v) is 6.55. The Morgan fingerprint density at radius 2 is 1.67 bits per heavy atom. The Labute approximate surface area is 59.0 Å². The molecule has 0 aliphatic heterocycles. The van der Waals surface area contributed by atoms with Crippen molar-refractivity contribution >= 4 is 11.8 Å². The van der Waals surface area contributed by atoms with E-state index >= 15 is 0 Å². The number of rotatable bonds is 4. The molecule has 0 aromatic heterocycles. The van der Waals surface area contributed by atoms with Gasteiger partial charge in [-0.25, -0.2) is 8.78 Å². The number of thioether (sulfide) groups is 1. The molecule has 0 aromatic carbocycles. The molecular weight excluding hydrogens is 142 g/mol. The topological polar surface area (TPSA) is 0 Å². The normalized spacial score (nSPS) is 11.3. The smallest absolute Gasteiger partial charge is 0.104 e. The monoisotopic (exact) mass is 154 g/mol. The molecule has 0 nitrogen and oxygen atoms in total. The number of hydrogen-bond acceptors (Lipinski definition) is 1. The minimum absolute atomic E-state index is 0.321. The summed E-state index contributed by atoms with van der Waals surface area (Å²) in [5.41, 5.74) is 0. The van der Waals surface area contributed by atoms with E-state index in [1.807, 2.05) is 13.8 Å². The highest BCUT2D eigenvalue weighted by Crippen LogP contribution is 2.17. The van der Waals surface area contributed by atoms with Gasteiger partial charge in [0.15, 0.2) is 0 Å². The summed E-state index contributed by atoms with van der Waals surface area (Å²) in [5.74, 6) is 0. The van der Waals surface area contributed by atoms with E-state index in [0.29, 0.717) is 5.25 Å². The number of alkyl halides is 2. The summed E-state index contributed by atoms with van der Waals surface area (Å²) in [6.45, 7) is 2.75. The van der Waals surface area contributed by atoms with Crippen LogP contribution in [0.5, 0.6) is 0 Å². The fraction of sp³-hybridized carbons (Fsp3) is 1.00. The fourth-order valence-electron chi connectivity index (χ4n) is 0.499. The number of hydrogen-bond donors (Lipinski definition) is 0. The van der Waals surface area contributed by atoms with Gasteiger partial charge in [-0.2, -0.15) is 11.8 Å². The molecule has 0 amide bonds. The Kier molecular flexibility index (Phi) is 5.15. The summed E-state index contributed by atoms with van der Waals surface area (Å²) in [6.07, 6.45) is 0. The summed E-state index contributed by atoms with van der Waals surface area (Å²) in [6, 6.07) is 0. The maximum absolute atomic E-state index is 11.8. The fourth-order valence-corrected chi connectivity index (χ4v) is 1.41. The summed E-state index contributed by atoms with van der Waals surface area (Å²) in [7, 11) is 0. The summed E-state index contributed by atoms with van der Waals surface area (Å²) >= 11 is 1.35. The van der Waals surface area contributed by atoms with Gasteiger partial charge in [0.2, 0.25) is 0 Å². The van der Waals surface area contributed by atoms with Crippen molar-refractivity contribution in [2.24, 2.45) is 0 Å². The van der Waals surface area contributed by atoms with Gasteiger partial charge in [0, 0.05) is 0 Å². The van der Waals surface area contributed by atoms with Crippen LogP contribution in [0, 0.1) is 0 Å². The molecule has 0 heterocycles. The highest BCUT2D eigenvalue weighted by molar-refractivity contribution is 8.00. The zero-order chi connectivity index (χ0) is 7.28. The Balaban J connectivity index is 3.31. The van der Waals surface area contributed by atoms with Gasteiger partial charge < -0.3 is 0 Å². The van der Waals surface area contributed by atoms with Crippen molar-refractivity contribution in [1.29, 1.82) is 0 Å². The van der Waals surface area contributed by atoms with Crippen LogP contribution < -0.4 is 0 Å². The molecule has 56 valence electrons. The lowest BCUT2D eigenvalue weighted by atomic mass is 10.5. The summed E-state index contributed by atoms with van der Waals surface area (Å²) in [4.78, 5) is 0. The predicted octanol–water partition coefficient (Wildman–Crippen LogP) is 2.44. The molecule has 0 aliphatic carbocycles. The second-order valence-corrected chi connectivity index (χ2v) is 4.00. The molecule has 0 radical (unpaired) electrons. The summed E-state index contributed by atoms with van der Waals surface area (Å²) in [5, 5.41) is -0.119. The first-order chi connectivity index (χ1) is 4.20. The lowest BCUT2D eigenvalue weighted by Gasteiger charge is -2.10. The third-order valence-corrected chi connectivity index (χ3v) is 1.99. The van der Waals surface area contributed by atoms with E-state index in [-0.39, 0.29) is 0 Å². The van der Waals surface area contributed by atoms with Gasteiger partial charge in [0.1, 0.15) is 13.3 Å². The van der Waals surface area contributed by atoms with Crippen molar-refractivity contribution in [2.75, 3.05) is 13.3 Å². The largest absolute Gasteiger partial charge is 0.250 e. The van der Waals surface area contributed by atoms with Gasteiger partial charge in [0.05, 0.1) is 5.25 Å².